The van der Waals surface area contributed by atoms with Crippen LogP contribution in [0.15, 0.2) is 24.3 Å². The largest absolute Gasteiger partial charge is 0.480 e. The van der Waals surface area contributed by atoms with E-state index in [1.54, 1.807) is 6.07 Å². The highest BCUT2D eigenvalue weighted by molar-refractivity contribution is 5.97. The van der Waals surface area contributed by atoms with Gasteiger partial charge in [0.1, 0.15) is 11.5 Å². The molecule has 3 rings (SSSR count). The molecule has 0 aromatic heterocycles. The van der Waals surface area contributed by atoms with Crippen molar-refractivity contribution in [3.8, 4) is 0 Å². The van der Waals surface area contributed by atoms with E-state index in [1.165, 1.54) is 23.1 Å². The Morgan fingerprint density at radius 2 is 1.85 bits per heavy atom. The second-order valence-electron chi connectivity index (χ2n) is 8.41. The lowest BCUT2D eigenvalue weighted by molar-refractivity contribution is -0.144. The van der Waals surface area contributed by atoms with Crippen LogP contribution in [-0.2, 0) is 9.53 Å². The number of rotatable bonds is 2. The number of benzene rings is 1. The van der Waals surface area contributed by atoms with E-state index < -0.39 is 29.5 Å². The quantitative estimate of drug-likeness (QED) is 0.870. The summed E-state index contributed by atoms with van der Waals surface area (Å²) in [5.41, 5.74) is -0.918. The summed E-state index contributed by atoms with van der Waals surface area (Å²) in [5.74, 6) is -1.90. The zero-order valence-corrected chi connectivity index (χ0v) is 15.5. The minimum absolute atomic E-state index is 0.0598. The summed E-state index contributed by atoms with van der Waals surface area (Å²) >= 11 is 0. The van der Waals surface area contributed by atoms with Gasteiger partial charge in [0, 0.05) is 0 Å². The van der Waals surface area contributed by atoms with Crippen molar-refractivity contribution < 1.29 is 23.8 Å². The molecule has 6 heteroatoms. The zero-order chi connectivity index (χ0) is 19.1. The van der Waals surface area contributed by atoms with Crippen LogP contribution in [0.5, 0.6) is 0 Å². The third-order valence-electron chi connectivity index (χ3n) is 5.86. The smallest absolute Gasteiger partial charge is 0.328 e. The van der Waals surface area contributed by atoms with Gasteiger partial charge in [-0.25, -0.2) is 9.18 Å². The van der Waals surface area contributed by atoms with Gasteiger partial charge in [0.15, 0.2) is 6.04 Å². The Morgan fingerprint density at radius 3 is 2.38 bits per heavy atom. The summed E-state index contributed by atoms with van der Waals surface area (Å²) in [6, 6.07) is 4.60. The number of hydrogen-bond acceptors (Lipinski definition) is 3. The minimum Gasteiger partial charge on any atom is -0.480 e. The molecule has 1 saturated heterocycles. The predicted molar refractivity (Wildman–Crippen MR) is 94.1 cm³/mol. The highest BCUT2D eigenvalue weighted by atomic mass is 19.1. The molecule has 1 spiro atoms. The molecule has 1 amide bonds. The molecule has 0 radical (unpaired) electrons. The Labute approximate surface area is 153 Å². The van der Waals surface area contributed by atoms with Gasteiger partial charge in [-0.3, -0.25) is 9.69 Å². The molecule has 1 N–H and O–H groups in total. The van der Waals surface area contributed by atoms with Gasteiger partial charge in [0.05, 0.1) is 12.2 Å². The van der Waals surface area contributed by atoms with E-state index >= 15 is 0 Å². The minimum atomic E-state index is -1.12. The van der Waals surface area contributed by atoms with Crippen LogP contribution in [0.25, 0.3) is 0 Å². The monoisotopic (exact) mass is 363 g/mol. The zero-order valence-electron chi connectivity index (χ0n) is 15.5. The van der Waals surface area contributed by atoms with Gasteiger partial charge < -0.3 is 9.84 Å². The van der Waals surface area contributed by atoms with Gasteiger partial charge in [0.25, 0.3) is 5.91 Å². The van der Waals surface area contributed by atoms with E-state index in [9.17, 15) is 19.1 Å². The molecule has 2 fully saturated rings. The van der Waals surface area contributed by atoms with Crippen LogP contribution in [0.1, 0.15) is 56.8 Å². The molecule has 1 aliphatic carbocycles. The third-order valence-corrected chi connectivity index (χ3v) is 5.86. The fraction of sp³-hybridized carbons (Fsp3) is 0.600. The molecule has 142 valence electrons. The Bertz CT molecular complexity index is 704. The fourth-order valence-corrected chi connectivity index (χ4v) is 4.26. The number of carboxylic acid groups (broad SMARTS) is 1. The van der Waals surface area contributed by atoms with Crippen LogP contribution in [-0.4, -0.2) is 40.3 Å². The molecule has 1 heterocycles. The first-order chi connectivity index (χ1) is 12.2. The van der Waals surface area contributed by atoms with Crippen molar-refractivity contribution in [2.24, 2.45) is 11.3 Å². The second-order valence-corrected chi connectivity index (χ2v) is 8.41. The van der Waals surface area contributed by atoms with Crippen molar-refractivity contribution in [1.29, 1.82) is 0 Å². The second kappa shape index (κ2) is 6.65. The van der Waals surface area contributed by atoms with E-state index in [-0.39, 0.29) is 17.6 Å². The van der Waals surface area contributed by atoms with E-state index in [0.717, 1.165) is 12.8 Å². The first-order valence-electron chi connectivity index (χ1n) is 9.11. The highest BCUT2D eigenvalue weighted by Gasteiger charge is 2.55. The lowest BCUT2D eigenvalue weighted by atomic mass is 9.70. The topological polar surface area (TPSA) is 66.8 Å². The van der Waals surface area contributed by atoms with Crippen molar-refractivity contribution in [3.05, 3.63) is 35.6 Å². The van der Waals surface area contributed by atoms with Crippen LogP contribution in [0, 0.1) is 17.2 Å². The van der Waals surface area contributed by atoms with Crippen LogP contribution < -0.4 is 0 Å². The Morgan fingerprint density at radius 1 is 1.23 bits per heavy atom. The Hall–Kier alpha value is -1.95. The summed E-state index contributed by atoms with van der Waals surface area (Å²) in [4.78, 5) is 26.1. The molecule has 1 aromatic rings. The first-order valence-corrected chi connectivity index (χ1v) is 9.11. The third kappa shape index (κ3) is 3.22. The van der Waals surface area contributed by atoms with Crippen molar-refractivity contribution >= 4 is 11.9 Å². The SMILES string of the molecule is CC(C)(C)C1CCC2(CC1)OC[C@@H](C(=O)O)N2C(=O)c1ccccc1F. The standard InChI is InChI=1S/C20H26FNO4/c1-19(2,3)13-8-10-20(11-9-13)22(16(12-26-20)18(24)25)17(23)14-6-4-5-7-15(14)21/h4-7,13,16H,8-12H2,1-3H3,(H,24,25)/t13?,16-,20?/m0/s1. The summed E-state index contributed by atoms with van der Waals surface area (Å²) in [6.45, 7) is 6.50. The summed E-state index contributed by atoms with van der Waals surface area (Å²) < 4.78 is 20.1. The van der Waals surface area contributed by atoms with Crippen molar-refractivity contribution in [1.82, 2.24) is 4.90 Å². The van der Waals surface area contributed by atoms with E-state index in [0.29, 0.717) is 18.8 Å². The van der Waals surface area contributed by atoms with Crippen molar-refractivity contribution in [3.63, 3.8) is 0 Å². The Kier molecular flexibility index (Phi) is 4.82. The number of aliphatic carboxylic acids is 1. The lowest BCUT2D eigenvalue weighted by Crippen LogP contribution is -2.55. The molecule has 1 aromatic carbocycles. The predicted octanol–water partition coefficient (Wildman–Crippen LogP) is 3.68. The molecule has 0 unspecified atom stereocenters. The maximum atomic E-state index is 14.2. The van der Waals surface area contributed by atoms with Gasteiger partial charge in [0.2, 0.25) is 0 Å². The molecule has 1 atom stereocenters. The highest BCUT2D eigenvalue weighted by Crippen LogP contribution is 2.47. The normalized spacial score (nSPS) is 29.2. The van der Waals surface area contributed by atoms with Gasteiger partial charge in [-0.2, -0.15) is 0 Å². The van der Waals surface area contributed by atoms with E-state index in [4.69, 9.17) is 4.74 Å². The number of carbonyl (C=O) groups excluding carboxylic acids is 1. The average Bonchev–Trinajstić information content (AvgIpc) is 2.93. The first kappa shape index (κ1) is 18.8. The van der Waals surface area contributed by atoms with Gasteiger partial charge in [-0.15, -0.1) is 0 Å². The molecule has 26 heavy (non-hydrogen) atoms. The number of ether oxygens (including phenoxy) is 1. The molecule has 1 saturated carbocycles. The number of amides is 1. The van der Waals surface area contributed by atoms with Gasteiger partial charge in [-0.1, -0.05) is 32.9 Å². The Balaban J connectivity index is 1.92. The van der Waals surface area contributed by atoms with Crippen LogP contribution >= 0.6 is 0 Å². The average molecular weight is 363 g/mol. The fourth-order valence-electron chi connectivity index (χ4n) is 4.26. The van der Waals surface area contributed by atoms with Crippen molar-refractivity contribution in [2.75, 3.05) is 6.61 Å². The van der Waals surface area contributed by atoms with E-state index in [1.807, 2.05) is 0 Å². The van der Waals surface area contributed by atoms with Crippen LogP contribution in [0.2, 0.25) is 0 Å². The molecule has 2 aliphatic rings. The number of carboxylic acids is 1. The summed E-state index contributed by atoms with van der Waals surface area (Å²) in [7, 11) is 0. The maximum absolute atomic E-state index is 14.2. The van der Waals surface area contributed by atoms with Gasteiger partial charge in [-0.05, 0) is 49.1 Å². The van der Waals surface area contributed by atoms with E-state index in [2.05, 4.69) is 20.8 Å². The number of nitrogens with zero attached hydrogens (tertiary/aromatic N) is 1. The van der Waals surface area contributed by atoms with Crippen LogP contribution in [0.3, 0.4) is 0 Å². The lowest BCUT2D eigenvalue weighted by Gasteiger charge is -2.46. The van der Waals surface area contributed by atoms with Crippen molar-refractivity contribution in [2.45, 2.75) is 58.2 Å². The molecular weight excluding hydrogens is 337 g/mol. The summed E-state index contributed by atoms with van der Waals surface area (Å²) in [5, 5.41) is 9.58. The number of halogens is 1. The molecule has 5 nitrogen and oxygen atoms in total. The van der Waals surface area contributed by atoms with Gasteiger partial charge >= 0.3 is 5.97 Å². The molecule has 0 bridgehead atoms. The number of hydrogen-bond donors (Lipinski definition) is 1. The molecular formula is C20H26FNO4. The van der Waals surface area contributed by atoms with Crippen LogP contribution in [0.4, 0.5) is 4.39 Å². The summed E-state index contributed by atoms with van der Waals surface area (Å²) in [6.07, 6.45) is 2.83. The number of carbonyl (C=O) groups is 2. The molecule has 1 aliphatic heterocycles. The maximum Gasteiger partial charge on any atom is 0.328 e.